The minimum Gasteiger partial charge on any atom is -0.497 e. The first kappa shape index (κ1) is 46.2. The van der Waals surface area contributed by atoms with E-state index in [0.717, 1.165) is 24.0 Å². The number of methoxy groups -OCH3 is 1. The molecule has 0 aliphatic heterocycles. The van der Waals surface area contributed by atoms with Gasteiger partial charge in [0, 0.05) is 17.8 Å². The van der Waals surface area contributed by atoms with Crippen LogP contribution in [0.1, 0.15) is 102 Å². The van der Waals surface area contributed by atoms with Crippen molar-refractivity contribution >= 4 is 22.9 Å². The van der Waals surface area contributed by atoms with E-state index in [1.165, 1.54) is 5.57 Å². The van der Waals surface area contributed by atoms with Gasteiger partial charge in [0.25, 0.3) is 0 Å². The zero-order valence-electron chi connectivity index (χ0n) is 35.3. The average molecular weight is 729 g/mol. The highest BCUT2D eigenvalue weighted by Crippen LogP contribution is 2.42. The highest BCUT2D eigenvalue weighted by Gasteiger charge is 2.44. The zero-order valence-corrected chi connectivity index (χ0v) is 37.3. The van der Waals surface area contributed by atoms with Crippen molar-refractivity contribution < 1.29 is 23.1 Å². The Morgan fingerprint density at radius 3 is 1.74 bits per heavy atom. The minimum atomic E-state index is -2.14. The summed E-state index contributed by atoms with van der Waals surface area (Å²) in [5.74, 6) is 1.30. The van der Waals surface area contributed by atoms with Crippen molar-refractivity contribution in [2.75, 3.05) is 7.11 Å². The number of ether oxygens (including phenoxy) is 2. The Hall–Kier alpha value is -1.78. The number of hydrogen-bond acceptors (Lipinski definition) is 5. The second kappa shape index (κ2) is 19.9. The number of aldehydes is 1. The average Bonchev–Trinajstić information content (AvgIpc) is 3.01. The van der Waals surface area contributed by atoms with Gasteiger partial charge in [0.15, 0.2) is 16.6 Å². The van der Waals surface area contributed by atoms with Gasteiger partial charge < -0.3 is 23.1 Å². The Morgan fingerprint density at radius 2 is 1.28 bits per heavy atom. The van der Waals surface area contributed by atoms with Crippen LogP contribution in [0, 0.1) is 29.6 Å². The van der Waals surface area contributed by atoms with Crippen LogP contribution in [0.3, 0.4) is 0 Å². The van der Waals surface area contributed by atoms with Crippen molar-refractivity contribution in [2.24, 2.45) is 29.6 Å². The number of carbonyl (C=O) groups excluding carboxylic acids is 1. The van der Waals surface area contributed by atoms with Gasteiger partial charge in [-0.25, -0.2) is 0 Å². The summed E-state index contributed by atoms with van der Waals surface area (Å²) in [4.78, 5) is 12.1. The molecule has 1 rings (SSSR count). The van der Waals surface area contributed by atoms with Gasteiger partial charge in [-0.2, -0.15) is 0 Å². The van der Waals surface area contributed by atoms with Crippen LogP contribution in [0.15, 0.2) is 60.2 Å². The molecule has 0 heterocycles. The molecule has 0 aliphatic carbocycles. The summed E-state index contributed by atoms with van der Waals surface area (Å²) < 4.78 is 26.5. The van der Waals surface area contributed by atoms with E-state index in [9.17, 15) is 4.79 Å². The Balaban J connectivity index is 3.54. The van der Waals surface area contributed by atoms with E-state index in [1.807, 2.05) is 26.0 Å². The highest BCUT2D eigenvalue weighted by molar-refractivity contribution is 6.74. The van der Waals surface area contributed by atoms with Crippen molar-refractivity contribution in [3.8, 4) is 5.75 Å². The topological polar surface area (TPSA) is 54.0 Å². The lowest BCUT2D eigenvalue weighted by Gasteiger charge is -2.45. The van der Waals surface area contributed by atoms with Crippen molar-refractivity contribution in [3.63, 3.8) is 0 Å². The number of carbonyl (C=O) groups is 1. The molecule has 0 amide bonds. The van der Waals surface area contributed by atoms with E-state index < -0.39 is 16.6 Å². The second-order valence-electron chi connectivity index (χ2n) is 18.0. The molecule has 7 heteroatoms. The molecular formula is C43H76O5Si2. The van der Waals surface area contributed by atoms with E-state index in [1.54, 1.807) is 7.11 Å². The molecule has 0 radical (unpaired) electrons. The quantitative estimate of drug-likeness (QED) is 0.0579. The summed E-state index contributed by atoms with van der Waals surface area (Å²) in [6.45, 7) is 38.9. The molecule has 286 valence electrons. The monoisotopic (exact) mass is 729 g/mol. The molecule has 0 saturated heterocycles. The predicted octanol–water partition coefficient (Wildman–Crippen LogP) is 12.2. The van der Waals surface area contributed by atoms with Gasteiger partial charge in [0.1, 0.15) is 12.0 Å². The van der Waals surface area contributed by atoms with Crippen molar-refractivity contribution in [3.05, 3.63) is 65.8 Å². The Morgan fingerprint density at radius 1 is 0.760 bits per heavy atom. The first-order valence-electron chi connectivity index (χ1n) is 18.9. The van der Waals surface area contributed by atoms with E-state index in [-0.39, 0.29) is 58.0 Å². The normalized spacial score (nSPS) is 18.8. The molecule has 0 aliphatic rings. The van der Waals surface area contributed by atoms with E-state index >= 15 is 0 Å². The summed E-state index contributed by atoms with van der Waals surface area (Å²) >= 11 is 0. The molecule has 0 saturated carbocycles. The maximum absolute atomic E-state index is 12.1. The molecule has 1 aromatic rings. The van der Waals surface area contributed by atoms with Crippen LogP contribution in [-0.2, 0) is 25.0 Å². The molecule has 0 aromatic heterocycles. The lowest BCUT2D eigenvalue weighted by molar-refractivity contribution is -0.113. The first-order chi connectivity index (χ1) is 22.9. The van der Waals surface area contributed by atoms with Gasteiger partial charge in [-0.1, -0.05) is 124 Å². The Labute approximate surface area is 310 Å². The summed E-state index contributed by atoms with van der Waals surface area (Å²) in [6.07, 6.45) is 12.6. The first-order valence-corrected chi connectivity index (χ1v) is 24.8. The van der Waals surface area contributed by atoms with E-state index in [4.69, 9.17) is 18.3 Å². The van der Waals surface area contributed by atoms with Crippen molar-refractivity contribution in [1.82, 2.24) is 0 Å². The molecule has 0 unspecified atom stereocenters. The third-order valence-electron chi connectivity index (χ3n) is 11.4. The second-order valence-corrected chi connectivity index (χ2v) is 27.5. The fourth-order valence-electron chi connectivity index (χ4n) is 6.13. The third-order valence-corrected chi connectivity index (χ3v) is 20.3. The van der Waals surface area contributed by atoms with Gasteiger partial charge in [-0.3, -0.25) is 0 Å². The van der Waals surface area contributed by atoms with E-state index in [0.29, 0.717) is 6.61 Å². The van der Waals surface area contributed by atoms with Crippen LogP contribution in [0.2, 0.25) is 36.3 Å². The fourth-order valence-corrected chi connectivity index (χ4v) is 9.07. The predicted molar refractivity (Wildman–Crippen MR) is 220 cm³/mol. The number of hydrogen-bond donors (Lipinski definition) is 0. The molecule has 50 heavy (non-hydrogen) atoms. The summed E-state index contributed by atoms with van der Waals surface area (Å²) in [5.41, 5.74) is 2.43. The van der Waals surface area contributed by atoms with Crippen LogP contribution >= 0.6 is 0 Å². The fraction of sp³-hybridized carbons (Fsp3) is 0.698. The SMILES string of the molecule is C/C=C/C=C\[C@H](C)[C@H](OCc1ccc(OC)cc1)[C@@H](C)[C@H](O[Si](C)(C)C(C)(C)C)[C@@H](C)C/C(C)=C\[C@H](C)[C@@H](O[Si](C)(C)C(C)(C)C)[C@@H](C)C=O. The largest absolute Gasteiger partial charge is 0.497 e. The maximum Gasteiger partial charge on any atom is 0.192 e. The van der Waals surface area contributed by atoms with Crippen LogP contribution in [0.4, 0.5) is 0 Å². The van der Waals surface area contributed by atoms with Crippen LogP contribution in [-0.4, -0.2) is 48.3 Å². The molecule has 1 aromatic carbocycles. The van der Waals surface area contributed by atoms with Gasteiger partial charge in [0.05, 0.1) is 32.0 Å². The van der Waals surface area contributed by atoms with Crippen LogP contribution in [0.25, 0.3) is 0 Å². The molecule has 0 N–H and O–H groups in total. The standard InChI is InChI=1S/C43H76O5Si2/c1-19-20-21-22-32(3)40(46-30-37-23-25-38(45-14)26-24-37)36(7)41(48-50(17,18)43(11,12)13)34(5)28-31(2)27-33(4)39(35(6)29-44)47-49(15,16)42(8,9)10/h19-27,29,32-36,39-41H,28,30H2,1-18H3/b20-19+,22-21-,31-27-/t32-,33-,34-,35-,36+,39+,40-,41+/m0/s1. The molecule has 0 bridgehead atoms. The van der Waals surface area contributed by atoms with Crippen LogP contribution < -0.4 is 4.74 Å². The summed E-state index contributed by atoms with van der Waals surface area (Å²) in [5, 5.41) is 0.136. The van der Waals surface area contributed by atoms with Crippen molar-refractivity contribution in [2.45, 2.75) is 158 Å². The van der Waals surface area contributed by atoms with Gasteiger partial charge >= 0.3 is 0 Å². The summed E-state index contributed by atoms with van der Waals surface area (Å²) in [7, 11) is -2.53. The zero-order chi connectivity index (χ0) is 38.7. The summed E-state index contributed by atoms with van der Waals surface area (Å²) in [6, 6.07) is 8.14. The number of rotatable bonds is 20. The minimum absolute atomic E-state index is 0.0128. The van der Waals surface area contributed by atoms with Crippen LogP contribution in [0.5, 0.6) is 5.75 Å². The third kappa shape index (κ3) is 14.0. The molecule has 5 nitrogen and oxygen atoms in total. The maximum atomic E-state index is 12.1. The molecule has 8 atom stereocenters. The lowest BCUT2D eigenvalue weighted by atomic mass is 9.81. The smallest absolute Gasteiger partial charge is 0.192 e. The lowest BCUT2D eigenvalue weighted by Crippen LogP contribution is -2.50. The van der Waals surface area contributed by atoms with Crippen molar-refractivity contribution in [1.29, 1.82) is 0 Å². The number of benzene rings is 1. The van der Waals surface area contributed by atoms with Gasteiger partial charge in [-0.05, 0) is 86.1 Å². The Kier molecular flexibility index (Phi) is 18.4. The number of allylic oxidation sites excluding steroid dienone is 4. The molecular weight excluding hydrogens is 653 g/mol. The Bertz CT molecular complexity index is 1240. The van der Waals surface area contributed by atoms with Gasteiger partial charge in [-0.15, -0.1) is 0 Å². The van der Waals surface area contributed by atoms with E-state index in [2.05, 4.69) is 145 Å². The molecule has 0 spiro atoms. The van der Waals surface area contributed by atoms with Gasteiger partial charge in [0.2, 0.25) is 0 Å². The molecule has 0 fully saturated rings. The highest BCUT2D eigenvalue weighted by atomic mass is 28.4.